The summed E-state index contributed by atoms with van der Waals surface area (Å²) in [5.74, 6) is -4.23. The molecule has 1 unspecified atom stereocenters. The highest BCUT2D eigenvalue weighted by molar-refractivity contribution is 5.98. The van der Waals surface area contributed by atoms with E-state index in [4.69, 9.17) is 4.74 Å². The van der Waals surface area contributed by atoms with Crippen molar-refractivity contribution >= 4 is 23.7 Å². The molecule has 2 aromatic heterocycles. The minimum absolute atomic E-state index is 0.0144. The highest BCUT2D eigenvalue weighted by atomic mass is 16.5. The molecule has 12 heteroatoms. The van der Waals surface area contributed by atoms with E-state index in [1.807, 2.05) is 13.8 Å². The molecule has 1 saturated heterocycles. The summed E-state index contributed by atoms with van der Waals surface area (Å²) >= 11 is 0. The van der Waals surface area contributed by atoms with Crippen molar-refractivity contribution in [3.05, 3.63) is 54.1 Å². The quantitative estimate of drug-likeness (QED) is 0.377. The van der Waals surface area contributed by atoms with E-state index in [1.165, 1.54) is 44.1 Å². The second kappa shape index (κ2) is 13.3. The van der Waals surface area contributed by atoms with E-state index in [1.54, 1.807) is 24.5 Å². The van der Waals surface area contributed by atoms with Gasteiger partial charge in [0.1, 0.15) is 23.9 Å². The van der Waals surface area contributed by atoms with Gasteiger partial charge in [0.15, 0.2) is 5.69 Å². The molecule has 3 amide bonds. The monoisotopic (exact) mass is 555 g/mol. The predicted octanol–water partition coefficient (Wildman–Crippen LogP) is 0.824. The van der Waals surface area contributed by atoms with Gasteiger partial charge >= 0.3 is 5.97 Å². The number of ether oxygens (including phenoxy) is 1. The van der Waals surface area contributed by atoms with Crippen molar-refractivity contribution in [2.75, 3.05) is 7.05 Å². The summed E-state index contributed by atoms with van der Waals surface area (Å²) in [6, 6.07) is 2.83. The second-order valence-electron chi connectivity index (χ2n) is 10.5. The maximum Gasteiger partial charge on any atom is 0.329 e. The number of pyridine rings is 2. The maximum absolute atomic E-state index is 13.6. The number of aromatic hydroxyl groups is 1. The highest BCUT2D eigenvalue weighted by Gasteiger charge is 2.41. The summed E-state index contributed by atoms with van der Waals surface area (Å²) in [5, 5.41) is 26.7. The largest absolute Gasteiger partial charge is 0.505 e. The summed E-state index contributed by atoms with van der Waals surface area (Å²) < 4.78 is 5.66. The first-order chi connectivity index (χ1) is 18.9. The molecule has 0 radical (unpaired) electrons. The minimum Gasteiger partial charge on any atom is -0.505 e. The van der Waals surface area contributed by atoms with Crippen LogP contribution in [-0.2, 0) is 25.5 Å². The summed E-state index contributed by atoms with van der Waals surface area (Å²) in [6.07, 6.45) is 2.36. The Balaban J connectivity index is 2.03. The molecular formula is C28H37N5O7. The number of esters is 1. The Hall–Kier alpha value is -4.06. The fourth-order valence-electron chi connectivity index (χ4n) is 4.64. The first-order valence-corrected chi connectivity index (χ1v) is 13.2. The third-order valence-electron chi connectivity index (χ3n) is 6.94. The summed E-state index contributed by atoms with van der Waals surface area (Å²) in [6.45, 7) is 6.75. The fraction of sp³-hybridized carbons (Fsp3) is 0.500. The number of cyclic esters (lactones) is 1. The van der Waals surface area contributed by atoms with Gasteiger partial charge in [0.05, 0.1) is 18.1 Å². The molecule has 1 fully saturated rings. The Morgan fingerprint density at radius 2 is 1.88 bits per heavy atom. The molecule has 3 heterocycles. The van der Waals surface area contributed by atoms with Crippen LogP contribution < -0.4 is 10.6 Å². The number of aromatic nitrogens is 2. The van der Waals surface area contributed by atoms with Gasteiger partial charge in [0, 0.05) is 25.6 Å². The van der Waals surface area contributed by atoms with Gasteiger partial charge in [-0.25, -0.2) is 9.78 Å². The van der Waals surface area contributed by atoms with E-state index in [0.29, 0.717) is 5.56 Å². The molecular weight excluding hydrogens is 518 g/mol. The fourth-order valence-corrected chi connectivity index (χ4v) is 4.64. The van der Waals surface area contributed by atoms with E-state index in [9.17, 15) is 29.4 Å². The Morgan fingerprint density at radius 1 is 1.18 bits per heavy atom. The average Bonchev–Trinajstić information content (AvgIpc) is 2.92. The topological polar surface area (TPSA) is 171 Å². The molecule has 3 rings (SSSR count). The molecule has 6 atom stereocenters. The van der Waals surface area contributed by atoms with Gasteiger partial charge in [-0.15, -0.1) is 0 Å². The standard InChI is InChI=1S/C28H37N5O7/c1-15(2)12-20-28(39)40-17(4)22(32-26(37)23-21(34)9-7-11-30-23)25(36)31-19(13-18-8-6-10-29-14-18)24(35)16(3)27(38)33(20)5/h6-11,14-17,19-20,22,24,34-35H,12-13H2,1-5H3,(H,31,36)(H,32,37)/t16-,17-,19+,20?,22+,24+/m1/s1. The Kier molecular flexibility index (Phi) is 10.2. The number of aliphatic hydroxyl groups is 1. The number of nitrogens with one attached hydrogen (secondary N) is 2. The molecule has 0 aliphatic carbocycles. The number of amides is 3. The van der Waals surface area contributed by atoms with Crippen LogP contribution in [0.15, 0.2) is 42.9 Å². The summed E-state index contributed by atoms with van der Waals surface area (Å²) in [4.78, 5) is 62.6. The minimum atomic E-state index is -1.42. The number of carbonyl (C=O) groups is 4. The van der Waals surface area contributed by atoms with Gasteiger partial charge in [-0.2, -0.15) is 0 Å². The Labute approximate surface area is 233 Å². The number of hydrogen-bond acceptors (Lipinski definition) is 9. The zero-order valence-corrected chi connectivity index (χ0v) is 23.3. The molecule has 4 N–H and O–H groups in total. The number of hydrogen-bond donors (Lipinski definition) is 4. The average molecular weight is 556 g/mol. The van der Waals surface area contributed by atoms with E-state index in [-0.39, 0.29) is 24.5 Å². The van der Waals surface area contributed by atoms with Crippen molar-refractivity contribution < 1.29 is 34.1 Å². The lowest BCUT2D eigenvalue weighted by Gasteiger charge is -2.36. The number of likely N-dealkylation sites (N-methyl/N-ethyl adjacent to an activating group) is 1. The molecule has 0 saturated carbocycles. The van der Waals surface area contributed by atoms with Gasteiger partial charge < -0.3 is 30.5 Å². The van der Waals surface area contributed by atoms with Crippen molar-refractivity contribution in [3.63, 3.8) is 0 Å². The van der Waals surface area contributed by atoms with Crippen molar-refractivity contribution in [3.8, 4) is 5.75 Å². The lowest BCUT2D eigenvalue weighted by atomic mass is 9.91. The van der Waals surface area contributed by atoms with Crippen LogP contribution in [0.2, 0.25) is 0 Å². The van der Waals surface area contributed by atoms with Crippen molar-refractivity contribution in [2.24, 2.45) is 11.8 Å². The molecule has 216 valence electrons. The zero-order valence-electron chi connectivity index (χ0n) is 23.3. The first kappa shape index (κ1) is 30.5. The molecule has 12 nitrogen and oxygen atoms in total. The van der Waals surface area contributed by atoms with Gasteiger partial charge in [-0.05, 0) is 49.4 Å². The number of rotatable bonds is 6. The second-order valence-corrected chi connectivity index (χ2v) is 10.5. The van der Waals surface area contributed by atoms with Crippen LogP contribution in [0.4, 0.5) is 0 Å². The predicted molar refractivity (Wildman–Crippen MR) is 144 cm³/mol. The van der Waals surface area contributed by atoms with Crippen LogP contribution in [-0.4, -0.2) is 86.2 Å². The first-order valence-electron chi connectivity index (χ1n) is 13.2. The van der Waals surface area contributed by atoms with Gasteiger partial charge in [0.2, 0.25) is 11.8 Å². The van der Waals surface area contributed by atoms with Crippen LogP contribution in [0.5, 0.6) is 5.75 Å². The lowest BCUT2D eigenvalue weighted by molar-refractivity contribution is -0.163. The van der Waals surface area contributed by atoms with Gasteiger partial charge in [-0.1, -0.05) is 26.8 Å². The zero-order chi connectivity index (χ0) is 29.6. The van der Waals surface area contributed by atoms with E-state index in [2.05, 4.69) is 20.6 Å². The van der Waals surface area contributed by atoms with E-state index in [0.717, 1.165) is 0 Å². The SMILES string of the molecule is CC(C)CC1C(=O)O[C@H](C)[C@H](NC(=O)c2ncccc2O)C(=O)N[C@@H](Cc2cccnc2)[C@@H](O)[C@@H](C)C(=O)N1C. The molecule has 1 aliphatic heterocycles. The van der Waals surface area contributed by atoms with Crippen molar-refractivity contribution in [1.29, 1.82) is 0 Å². The molecule has 2 aromatic rings. The van der Waals surface area contributed by atoms with Crippen LogP contribution in [0.1, 0.15) is 50.2 Å². The molecule has 0 bridgehead atoms. The number of aliphatic hydroxyl groups excluding tert-OH is 1. The third-order valence-corrected chi connectivity index (χ3v) is 6.94. The van der Waals surface area contributed by atoms with E-state index < -0.39 is 65.7 Å². The Bertz CT molecular complexity index is 1210. The number of carbonyl (C=O) groups excluding carboxylic acids is 4. The normalized spacial score (nSPS) is 26.4. The third kappa shape index (κ3) is 7.32. The summed E-state index contributed by atoms with van der Waals surface area (Å²) in [5.41, 5.74) is 0.381. The molecule has 40 heavy (non-hydrogen) atoms. The highest BCUT2D eigenvalue weighted by Crippen LogP contribution is 2.22. The number of nitrogens with zero attached hydrogens (tertiary/aromatic N) is 3. The Morgan fingerprint density at radius 3 is 2.50 bits per heavy atom. The molecule has 1 aliphatic rings. The van der Waals surface area contributed by atoms with Crippen molar-refractivity contribution in [2.45, 2.75) is 70.9 Å². The lowest BCUT2D eigenvalue weighted by Crippen LogP contribution is -2.60. The summed E-state index contributed by atoms with van der Waals surface area (Å²) in [7, 11) is 1.48. The van der Waals surface area contributed by atoms with Crippen LogP contribution in [0, 0.1) is 11.8 Å². The van der Waals surface area contributed by atoms with E-state index >= 15 is 0 Å². The molecule has 0 spiro atoms. The molecule has 0 aromatic carbocycles. The smallest absolute Gasteiger partial charge is 0.329 e. The van der Waals surface area contributed by atoms with Crippen LogP contribution >= 0.6 is 0 Å². The van der Waals surface area contributed by atoms with Crippen LogP contribution in [0.25, 0.3) is 0 Å². The maximum atomic E-state index is 13.6. The van der Waals surface area contributed by atoms with Gasteiger partial charge in [-0.3, -0.25) is 19.4 Å². The van der Waals surface area contributed by atoms with Crippen LogP contribution in [0.3, 0.4) is 0 Å². The van der Waals surface area contributed by atoms with Gasteiger partial charge in [0.25, 0.3) is 5.91 Å². The van der Waals surface area contributed by atoms with Crippen molar-refractivity contribution in [1.82, 2.24) is 25.5 Å².